The summed E-state index contributed by atoms with van der Waals surface area (Å²) in [6.07, 6.45) is 6.80. The maximum atomic E-state index is 12.9. The lowest BCUT2D eigenvalue weighted by Crippen LogP contribution is -2.42. The molecule has 31 heavy (non-hydrogen) atoms. The van der Waals surface area contributed by atoms with Gasteiger partial charge in [-0.3, -0.25) is 14.6 Å². The lowest BCUT2D eigenvalue weighted by Gasteiger charge is -2.35. The zero-order valence-electron chi connectivity index (χ0n) is 17.3. The molecule has 1 atom stereocenters. The maximum Gasteiger partial charge on any atom is 0.252 e. The molecule has 1 aliphatic carbocycles. The molecule has 1 saturated carbocycles. The second kappa shape index (κ2) is 8.04. The second-order valence-corrected chi connectivity index (χ2v) is 9.78. The van der Waals surface area contributed by atoms with Crippen LogP contribution in [0.3, 0.4) is 0 Å². The summed E-state index contributed by atoms with van der Waals surface area (Å²) in [4.78, 5) is 33.8. The van der Waals surface area contributed by atoms with Gasteiger partial charge in [-0.15, -0.1) is 11.8 Å². The molecule has 1 aromatic carbocycles. The number of piperidine rings is 1. The highest BCUT2D eigenvalue weighted by Gasteiger charge is 2.45. The molecule has 0 bridgehead atoms. The SMILES string of the molecule is N#C[C@@H]1CSCN1C(=O)CNC(=O)c1ccnc2ccc(N3CCCC4(CC4)C3)cc12. The van der Waals surface area contributed by atoms with Gasteiger partial charge < -0.3 is 15.1 Å². The number of thioether (sulfide) groups is 1. The third kappa shape index (κ3) is 3.94. The lowest BCUT2D eigenvalue weighted by molar-refractivity contribution is -0.129. The molecule has 1 N–H and O–H groups in total. The summed E-state index contributed by atoms with van der Waals surface area (Å²) in [5.41, 5.74) is 2.92. The van der Waals surface area contributed by atoms with Gasteiger partial charge in [0.1, 0.15) is 6.04 Å². The van der Waals surface area contributed by atoms with Crippen LogP contribution in [0, 0.1) is 16.7 Å². The Bertz CT molecular complexity index is 1080. The summed E-state index contributed by atoms with van der Waals surface area (Å²) >= 11 is 1.55. The Morgan fingerprint density at radius 2 is 2.16 bits per heavy atom. The first-order chi connectivity index (χ1) is 15.1. The molecular weight excluding hydrogens is 410 g/mol. The zero-order chi connectivity index (χ0) is 21.4. The van der Waals surface area contributed by atoms with E-state index in [-0.39, 0.29) is 18.4 Å². The van der Waals surface area contributed by atoms with Crippen LogP contribution >= 0.6 is 11.8 Å². The van der Waals surface area contributed by atoms with E-state index in [0.717, 1.165) is 29.7 Å². The molecule has 3 aliphatic rings. The Balaban J connectivity index is 1.33. The van der Waals surface area contributed by atoms with Crippen molar-refractivity contribution in [1.82, 2.24) is 15.2 Å². The number of hydrogen-bond acceptors (Lipinski definition) is 6. The van der Waals surface area contributed by atoms with Gasteiger partial charge in [-0.2, -0.15) is 5.26 Å². The molecule has 2 aromatic rings. The Hall–Kier alpha value is -2.79. The predicted octanol–water partition coefficient (Wildman–Crippen LogP) is 2.77. The van der Waals surface area contributed by atoms with E-state index >= 15 is 0 Å². The number of amides is 2. The molecule has 7 nitrogen and oxygen atoms in total. The molecule has 1 spiro atoms. The Morgan fingerprint density at radius 3 is 2.97 bits per heavy atom. The highest BCUT2D eigenvalue weighted by Crippen LogP contribution is 2.52. The van der Waals surface area contributed by atoms with Crippen molar-refractivity contribution in [2.24, 2.45) is 5.41 Å². The van der Waals surface area contributed by atoms with Gasteiger partial charge in [0.25, 0.3) is 5.91 Å². The second-order valence-electron chi connectivity index (χ2n) is 8.78. The minimum Gasteiger partial charge on any atom is -0.371 e. The van der Waals surface area contributed by atoms with Crippen molar-refractivity contribution >= 4 is 40.2 Å². The molecule has 1 aromatic heterocycles. The summed E-state index contributed by atoms with van der Waals surface area (Å²) in [5.74, 6) is 0.583. The molecule has 3 fully saturated rings. The van der Waals surface area contributed by atoms with E-state index < -0.39 is 6.04 Å². The average Bonchev–Trinajstić information content (AvgIpc) is 3.35. The number of carbonyl (C=O) groups is 2. The lowest BCUT2D eigenvalue weighted by atomic mass is 9.94. The highest BCUT2D eigenvalue weighted by molar-refractivity contribution is 7.99. The number of nitriles is 1. The third-order valence-corrected chi connectivity index (χ3v) is 7.72. The minimum absolute atomic E-state index is 0.115. The van der Waals surface area contributed by atoms with Crippen LogP contribution in [0.1, 0.15) is 36.0 Å². The fraction of sp³-hybridized carbons (Fsp3) is 0.478. The molecule has 0 unspecified atom stereocenters. The first kappa shape index (κ1) is 20.1. The first-order valence-electron chi connectivity index (χ1n) is 10.8. The Labute approximate surface area is 185 Å². The van der Waals surface area contributed by atoms with Crippen molar-refractivity contribution in [3.63, 3.8) is 0 Å². The summed E-state index contributed by atoms with van der Waals surface area (Å²) in [6.45, 7) is 2.01. The molecule has 0 radical (unpaired) electrons. The van der Waals surface area contributed by atoms with E-state index in [2.05, 4.69) is 33.4 Å². The molecule has 8 heteroatoms. The number of carbonyl (C=O) groups excluding carboxylic acids is 2. The number of anilines is 1. The standard InChI is InChI=1S/C23H25N5O2S/c24-11-17-13-31-15-28(17)21(29)12-26-22(30)18-4-8-25-20-3-2-16(10-19(18)20)27-9-1-5-23(14-27)6-7-23/h2-4,8,10,17H,1,5-7,9,12-15H2,(H,26,30)/t17-/m1/s1. The van der Waals surface area contributed by atoms with E-state index in [9.17, 15) is 14.9 Å². The van der Waals surface area contributed by atoms with E-state index in [0.29, 0.717) is 22.6 Å². The van der Waals surface area contributed by atoms with Gasteiger partial charge in [0, 0.05) is 36.1 Å². The quantitative estimate of drug-likeness (QED) is 0.794. The summed E-state index contributed by atoms with van der Waals surface area (Å²) in [7, 11) is 0. The maximum absolute atomic E-state index is 12.9. The summed E-state index contributed by atoms with van der Waals surface area (Å²) in [5, 5.41) is 12.7. The van der Waals surface area contributed by atoms with Gasteiger partial charge in [-0.05, 0) is 55.4 Å². The molecule has 5 rings (SSSR count). The Morgan fingerprint density at radius 1 is 1.29 bits per heavy atom. The molecule has 2 amide bonds. The number of nitrogens with one attached hydrogen (secondary N) is 1. The van der Waals surface area contributed by atoms with Crippen molar-refractivity contribution in [2.45, 2.75) is 31.7 Å². The van der Waals surface area contributed by atoms with E-state index in [1.54, 1.807) is 24.0 Å². The molecule has 3 heterocycles. The number of aromatic nitrogens is 1. The van der Waals surface area contributed by atoms with Crippen LogP contribution in [0.4, 0.5) is 5.69 Å². The fourth-order valence-corrected chi connectivity index (χ4v) is 5.79. The Kier molecular flexibility index (Phi) is 5.22. The summed E-state index contributed by atoms with van der Waals surface area (Å²) in [6, 6.07) is 9.55. The largest absolute Gasteiger partial charge is 0.371 e. The van der Waals surface area contributed by atoms with Gasteiger partial charge in [-0.1, -0.05) is 0 Å². The van der Waals surface area contributed by atoms with Gasteiger partial charge in [0.05, 0.1) is 29.6 Å². The van der Waals surface area contributed by atoms with Crippen LogP contribution in [0.25, 0.3) is 10.9 Å². The average molecular weight is 436 g/mol. The van der Waals surface area contributed by atoms with Gasteiger partial charge >= 0.3 is 0 Å². The number of pyridine rings is 1. The van der Waals surface area contributed by atoms with Crippen LogP contribution in [0.15, 0.2) is 30.5 Å². The summed E-state index contributed by atoms with van der Waals surface area (Å²) < 4.78 is 0. The van der Waals surface area contributed by atoms with Crippen molar-refractivity contribution in [3.8, 4) is 6.07 Å². The van der Waals surface area contributed by atoms with Gasteiger partial charge in [0.15, 0.2) is 0 Å². The fourth-order valence-electron chi connectivity index (χ4n) is 4.69. The monoisotopic (exact) mass is 435 g/mol. The van der Waals surface area contributed by atoms with Gasteiger partial charge in [0.2, 0.25) is 5.91 Å². The number of benzene rings is 1. The molecule has 160 valence electrons. The van der Waals surface area contributed by atoms with Crippen LogP contribution in [0.5, 0.6) is 0 Å². The van der Waals surface area contributed by atoms with Crippen molar-refractivity contribution in [3.05, 3.63) is 36.0 Å². The highest BCUT2D eigenvalue weighted by atomic mass is 32.2. The first-order valence-corrected chi connectivity index (χ1v) is 11.9. The van der Waals surface area contributed by atoms with Crippen molar-refractivity contribution in [2.75, 3.05) is 36.2 Å². The molecular formula is C23H25N5O2S. The smallest absolute Gasteiger partial charge is 0.252 e. The van der Waals surface area contributed by atoms with Crippen molar-refractivity contribution < 1.29 is 9.59 Å². The van der Waals surface area contributed by atoms with E-state index in [1.165, 1.54) is 30.6 Å². The number of hydrogen-bond donors (Lipinski definition) is 1. The number of fused-ring (bicyclic) bond motifs is 1. The van der Waals surface area contributed by atoms with Crippen LogP contribution in [-0.2, 0) is 4.79 Å². The predicted molar refractivity (Wildman–Crippen MR) is 121 cm³/mol. The number of rotatable bonds is 4. The van der Waals surface area contributed by atoms with Crippen LogP contribution in [-0.4, -0.2) is 59.0 Å². The van der Waals surface area contributed by atoms with Gasteiger partial charge in [-0.25, -0.2) is 0 Å². The van der Waals surface area contributed by atoms with E-state index in [4.69, 9.17) is 0 Å². The van der Waals surface area contributed by atoms with E-state index in [1.807, 2.05) is 6.07 Å². The zero-order valence-corrected chi connectivity index (χ0v) is 18.2. The molecule has 2 aliphatic heterocycles. The minimum atomic E-state index is -0.419. The third-order valence-electron chi connectivity index (χ3n) is 6.71. The van der Waals surface area contributed by atoms with Crippen LogP contribution < -0.4 is 10.2 Å². The molecule has 2 saturated heterocycles. The normalized spacial score (nSPS) is 21.8. The van der Waals surface area contributed by atoms with Crippen LogP contribution in [0.2, 0.25) is 0 Å². The number of nitrogens with zero attached hydrogens (tertiary/aromatic N) is 4. The topological polar surface area (TPSA) is 89.3 Å². The van der Waals surface area contributed by atoms with Crippen molar-refractivity contribution in [1.29, 1.82) is 5.26 Å².